The van der Waals surface area contributed by atoms with Crippen LogP contribution in [0.5, 0.6) is 11.5 Å². The Morgan fingerprint density at radius 2 is 1.92 bits per heavy atom. The van der Waals surface area contributed by atoms with Crippen molar-refractivity contribution in [3.8, 4) is 22.8 Å². The van der Waals surface area contributed by atoms with Gasteiger partial charge in [-0.1, -0.05) is 16.8 Å². The molecule has 1 aromatic carbocycles. The third kappa shape index (κ3) is 3.27. The number of amides is 1. The van der Waals surface area contributed by atoms with Crippen LogP contribution >= 0.6 is 11.6 Å². The van der Waals surface area contributed by atoms with Crippen molar-refractivity contribution in [2.24, 2.45) is 0 Å². The van der Waals surface area contributed by atoms with E-state index in [-0.39, 0.29) is 5.69 Å². The van der Waals surface area contributed by atoms with Gasteiger partial charge >= 0.3 is 0 Å². The Morgan fingerprint density at radius 3 is 2.72 bits per heavy atom. The summed E-state index contributed by atoms with van der Waals surface area (Å²) in [7, 11) is 0. The Balaban J connectivity index is 1.53. The van der Waals surface area contributed by atoms with Gasteiger partial charge in [-0.25, -0.2) is 4.98 Å². The first kappa shape index (κ1) is 15.5. The first-order valence-electron chi connectivity index (χ1n) is 7.49. The number of carbonyl (C=O) groups is 1. The van der Waals surface area contributed by atoms with E-state index in [2.05, 4.69) is 15.5 Å². The number of nitrogens with one attached hydrogen (secondary N) is 1. The molecule has 0 saturated carbocycles. The van der Waals surface area contributed by atoms with Crippen LogP contribution in [0.2, 0.25) is 5.02 Å². The summed E-state index contributed by atoms with van der Waals surface area (Å²) >= 11 is 5.77. The molecule has 0 spiro atoms. The number of nitrogens with zero attached hydrogens (tertiary/aromatic N) is 2. The van der Waals surface area contributed by atoms with E-state index in [0.29, 0.717) is 41.3 Å². The molecule has 3 heterocycles. The smallest absolute Gasteiger partial charge is 0.279 e. The number of carbonyl (C=O) groups excluding carboxylic acids is 1. The van der Waals surface area contributed by atoms with Crippen molar-refractivity contribution in [2.75, 3.05) is 18.5 Å². The number of ether oxygens (including phenoxy) is 2. The molecule has 1 N–H and O–H groups in total. The lowest BCUT2D eigenvalue weighted by Crippen LogP contribution is -2.15. The molecule has 0 saturated heterocycles. The second-order valence-electron chi connectivity index (χ2n) is 5.25. The standard InChI is InChI=1S/C17H12ClN3O4/c18-11-2-4-16(19-9-11)20-17(22)12-8-14(25-21-12)10-1-3-13-15(7-10)24-6-5-23-13/h1-4,7-9H,5-6H2,(H,19,20,22). The fraction of sp³-hybridized carbons (Fsp3) is 0.118. The molecule has 25 heavy (non-hydrogen) atoms. The second-order valence-corrected chi connectivity index (χ2v) is 5.69. The molecule has 1 aliphatic heterocycles. The van der Waals surface area contributed by atoms with Crippen LogP contribution in [0.25, 0.3) is 11.3 Å². The predicted molar refractivity (Wildman–Crippen MR) is 90.1 cm³/mol. The molecule has 7 nitrogen and oxygen atoms in total. The van der Waals surface area contributed by atoms with Crippen molar-refractivity contribution >= 4 is 23.3 Å². The van der Waals surface area contributed by atoms with Gasteiger partial charge < -0.3 is 19.3 Å². The molecule has 4 rings (SSSR count). The van der Waals surface area contributed by atoms with Crippen LogP contribution < -0.4 is 14.8 Å². The van der Waals surface area contributed by atoms with Gasteiger partial charge in [0.25, 0.3) is 5.91 Å². The molecule has 8 heteroatoms. The lowest BCUT2D eigenvalue weighted by Gasteiger charge is -2.18. The average molecular weight is 358 g/mol. The zero-order chi connectivity index (χ0) is 17.2. The van der Waals surface area contributed by atoms with Crippen molar-refractivity contribution in [3.05, 3.63) is 53.3 Å². The van der Waals surface area contributed by atoms with Crippen LogP contribution in [0, 0.1) is 0 Å². The zero-order valence-corrected chi connectivity index (χ0v) is 13.6. The molecule has 0 fully saturated rings. The Kier molecular flexibility index (Phi) is 3.99. The topological polar surface area (TPSA) is 86.5 Å². The minimum atomic E-state index is -0.428. The number of halogens is 1. The summed E-state index contributed by atoms with van der Waals surface area (Å²) < 4.78 is 16.3. The molecule has 3 aromatic rings. The molecule has 0 aliphatic carbocycles. The van der Waals surface area contributed by atoms with Gasteiger partial charge in [-0.15, -0.1) is 0 Å². The van der Waals surface area contributed by atoms with E-state index in [1.54, 1.807) is 30.3 Å². The largest absolute Gasteiger partial charge is 0.486 e. The van der Waals surface area contributed by atoms with E-state index < -0.39 is 5.91 Å². The number of rotatable bonds is 3. The Hall–Kier alpha value is -3.06. The van der Waals surface area contributed by atoms with Gasteiger partial charge in [0.15, 0.2) is 23.0 Å². The first-order valence-corrected chi connectivity index (χ1v) is 7.86. The van der Waals surface area contributed by atoms with Crippen molar-refractivity contribution < 1.29 is 18.8 Å². The van der Waals surface area contributed by atoms with Gasteiger partial charge in [0.1, 0.15) is 19.0 Å². The number of benzene rings is 1. The van der Waals surface area contributed by atoms with Crippen molar-refractivity contribution in [1.29, 1.82) is 0 Å². The Labute approximate surface area is 147 Å². The summed E-state index contributed by atoms with van der Waals surface area (Å²) in [5.41, 5.74) is 0.877. The van der Waals surface area contributed by atoms with Crippen LogP contribution in [-0.4, -0.2) is 29.3 Å². The minimum Gasteiger partial charge on any atom is -0.486 e. The van der Waals surface area contributed by atoms with Crippen LogP contribution in [0.3, 0.4) is 0 Å². The fourth-order valence-corrected chi connectivity index (χ4v) is 2.46. The van der Waals surface area contributed by atoms with Gasteiger partial charge in [0.05, 0.1) is 5.02 Å². The maximum absolute atomic E-state index is 12.2. The molecule has 0 radical (unpaired) electrons. The maximum Gasteiger partial charge on any atom is 0.279 e. The van der Waals surface area contributed by atoms with E-state index in [1.165, 1.54) is 6.20 Å². The van der Waals surface area contributed by atoms with Gasteiger partial charge in [-0.3, -0.25) is 4.79 Å². The zero-order valence-electron chi connectivity index (χ0n) is 12.9. The molecule has 0 atom stereocenters. The first-order chi connectivity index (χ1) is 12.2. The summed E-state index contributed by atoms with van der Waals surface area (Å²) in [6, 6.07) is 10.2. The predicted octanol–water partition coefficient (Wildman–Crippen LogP) is 3.41. The monoisotopic (exact) mass is 357 g/mol. The Morgan fingerprint density at radius 1 is 1.08 bits per heavy atom. The summed E-state index contributed by atoms with van der Waals surface area (Å²) in [6.07, 6.45) is 1.45. The number of anilines is 1. The highest BCUT2D eigenvalue weighted by Crippen LogP contribution is 2.34. The Bertz CT molecular complexity index is 924. The van der Waals surface area contributed by atoms with Gasteiger partial charge in [0, 0.05) is 17.8 Å². The summed E-state index contributed by atoms with van der Waals surface area (Å²) in [5.74, 6) is 1.71. The fourth-order valence-electron chi connectivity index (χ4n) is 2.35. The van der Waals surface area contributed by atoms with Crippen LogP contribution in [-0.2, 0) is 0 Å². The highest BCUT2D eigenvalue weighted by molar-refractivity contribution is 6.30. The molecule has 1 aliphatic rings. The van der Waals surface area contributed by atoms with E-state index >= 15 is 0 Å². The SMILES string of the molecule is O=C(Nc1ccc(Cl)cn1)c1cc(-c2ccc3c(c2)OCCO3)on1. The number of aromatic nitrogens is 2. The van der Waals surface area contributed by atoms with Crippen LogP contribution in [0.15, 0.2) is 47.1 Å². The van der Waals surface area contributed by atoms with Crippen molar-refractivity contribution in [3.63, 3.8) is 0 Å². The average Bonchev–Trinajstić information content (AvgIpc) is 3.13. The number of pyridine rings is 1. The number of fused-ring (bicyclic) bond motifs is 1. The second kappa shape index (κ2) is 6.45. The van der Waals surface area contributed by atoms with E-state index in [1.807, 2.05) is 6.07 Å². The minimum absolute atomic E-state index is 0.140. The number of hydrogen-bond acceptors (Lipinski definition) is 6. The summed E-state index contributed by atoms with van der Waals surface area (Å²) in [5, 5.41) is 6.92. The van der Waals surface area contributed by atoms with Crippen LogP contribution in [0.4, 0.5) is 5.82 Å². The lowest BCUT2D eigenvalue weighted by atomic mass is 10.1. The molecule has 126 valence electrons. The molecule has 0 bridgehead atoms. The van der Waals surface area contributed by atoms with E-state index in [4.69, 9.17) is 25.6 Å². The van der Waals surface area contributed by atoms with E-state index in [9.17, 15) is 4.79 Å². The molecule has 0 unspecified atom stereocenters. The third-order valence-corrected chi connectivity index (χ3v) is 3.76. The highest BCUT2D eigenvalue weighted by atomic mass is 35.5. The molecule has 1 amide bonds. The van der Waals surface area contributed by atoms with Crippen molar-refractivity contribution in [2.45, 2.75) is 0 Å². The number of hydrogen-bond donors (Lipinski definition) is 1. The van der Waals surface area contributed by atoms with Gasteiger partial charge in [-0.05, 0) is 30.3 Å². The third-order valence-electron chi connectivity index (χ3n) is 3.54. The van der Waals surface area contributed by atoms with Crippen LogP contribution in [0.1, 0.15) is 10.5 Å². The van der Waals surface area contributed by atoms with Gasteiger partial charge in [-0.2, -0.15) is 0 Å². The summed E-state index contributed by atoms with van der Waals surface area (Å²) in [4.78, 5) is 16.2. The quantitative estimate of drug-likeness (QED) is 0.773. The maximum atomic E-state index is 12.2. The lowest BCUT2D eigenvalue weighted by molar-refractivity contribution is 0.101. The molecular weight excluding hydrogens is 346 g/mol. The van der Waals surface area contributed by atoms with E-state index in [0.717, 1.165) is 5.56 Å². The summed E-state index contributed by atoms with van der Waals surface area (Å²) in [6.45, 7) is 1.02. The highest BCUT2D eigenvalue weighted by Gasteiger charge is 2.17. The molecule has 2 aromatic heterocycles. The normalized spacial score (nSPS) is 12.7. The molecular formula is C17H12ClN3O4. The van der Waals surface area contributed by atoms with Gasteiger partial charge in [0.2, 0.25) is 0 Å². The van der Waals surface area contributed by atoms with Crippen molar-refractivity contribution in [1.82, 2.24) is 10.1 Å².